The molecule has 0 aromatic heterocycles. The van der Waals surface area contributed by atoms with Crippen LogP contribution in [0.15, 0.2) is 18.2 Å². The summed E-state index contributed by atoms with van der Waals surface area (Å²) in [6, 6.07) is 5.00. The van der Waals surface area contributed by atoms with E-state index in [1.54, 1.807) is 17.0 Å². The van der Waals surface area contributed by atoms with Crippen molar-refractivity contribution in [2.45, 2.75) is 32.2 Å². The second-order valence-corrected chi connectivity index (χ2v) is 6.90. The van der Waals surface area contributed by atoms with Crippen molar-refractivity contribution in [3.63, 3.8) is 0 Å². The molecule has 7 nitrogen and oxygen atoms in total. The largest absolute Gasteiger partial charge is 0.377 e. The van der Waals surface area contributed by atoms with Crippen LogP contribution in [0.2, 0.25) is 0 Å². The number of nitrogens with one attached hydrogen (secondary N) is 1. The fourth-order valence-corrected chi connectivity index (χ4v) is 2.93. The van der Waals surface area contributed by atoms with E-state index in [0.29, 0.717) is 36.9 Å². The highest BCUT2D eigenvalue weighted by Gasteiger charge is 2.35. The minimum atomic E-state index is -0.435. The molecule has 1 aromatic carbocycles. The van der Waals surface area contributed by atoms with Crippen molar-refractivity contribution in [1.29, 1.82) is 0 Å². The van der Waals surface area contributed by atoms with Gasteiger partial charge in [0.05, 0.1) is 4.92 Å². The van der Waals surface area contributed by atoms with E-state index in [1.165, 1.54) is 6.07 Å². The summed E-state index contributed by atoms with van der Waals surface area (Å²) in [5.41, 5.74) is 6.52. The Hall–Kier alpha value is -2.15. The average molecular weight is 318 g/mol. The lowest BCUT2D eigenvalue weighted by atomic mass is 9.90. The molecule has 1 saturated carbocycles. The topological polar surface area (TPSA) is 102 Å². The molecule has 2 aliphatic rings. The predicted octanol–water partition coefficient (Wildman–Crippen LogP) is 1.98. The lowest BCUT2D eigenvalue weighted by Gasteiger charge is -2.22. The van der Waals surface area contributed by atoms with Gasteiger partial charge in [0.15, 0.2) is 0 Å². The first-order chi connectivity index (χ1) is 10.9. The van der Waals surface area contributed by atoms with Gasteiger partial charge in [-0.1, -0.05) is 6.92 Å². The normalized spacial score (nSPS) is 23.8. The molecule has 1 aliphatic heterocycles. The number of likely N-dealkylation sites (tertiary alicyclic amines) is 1. The summed E-state index contributed by atoms with van der Waals surface area (Å²) < 4.78 is 0. The van der Waals surface area contributed by atoms with Gasteiger partial charge in [-0.3, -0.25) is 14.9 Å². The monoisotopic (exact) mass is 318 g/mol. The molecule has 0 bridgehead atoms. The molecule has 1 aliphatic carbocycles. The van der Waals surface area contributed by atoms with Crippen molar-refractivity contribution in [1.82, 2.24) is 4.90 Å². The molecule has 3 N–H and O–H groups in total. The summed E-state index contributed by atoms with van der Waals surface area (Å²) in [5, 5.41) is 14.4. The van der Waals surface area contributed by atoms with Crippen LogP contribution in [0, 0.1) is 15.5 Å². The van der Waals surface area contributed by atoms with Crippen LogP contribution in [0.1, 0.15) is 36.5 Å². The van der Waals surface area contributed by atoms with Gasteiger partial charge in [-0.05, 0) is 43.4 Å². The molecule has 124 valence electrons. The number of nitrogens with two attached hydrogens (primary N) is 1. The van der Waals surface area contributed by atoms with Crippen molar-refractivity contribution in [2.75, 3.05) is 25.0 Å². The number of nitrogens with zero attached hydrogens (tertiary/aromatic N) is 2. The van der Waals surface area contributed by atoms with E-state index >= 15 is 0 Å². The summed E-state index contributed by atoms with van der Waals surface area (Å²) in [4.78, 5) is 25.2. The van der Waals surface area contributed by atoms with Gasteiger partial charge >= 0.3 is 0 Å². The van der Waals surface area contributed by atoms with Crippen molar-refractivity contribution < 1.29 is 9.72 Å². The fraction of sp³-hybridized carbons (Fsp3) is 0.562. The molecule has 3 rings (SSSR count). The van der Waals surface area contributed by atoms with Crippen molar-refractivity contribution in [3.8, 4) is 0 Å². The van der Waals surface area contributed by atoms with Gasteiger partial charge in [-0.2, -0.15) is 0 Å². The Bertz CT molecular complexity index is 644. The van der Waals surface area contributed by atoms with E-state index in [4.69, 9.17) is 5.73 Å². The summed E-state index contributed by atoms with van der Waals surface area (Å²) in [6.45, 7) is 3.83. The Kier molecular flexibility index (Phi) is 3.97. The Morgan fingerprint density at radius 1 is 1.52 bits per heavy atom. The maximum absolute atomic E-state index is 12.6. The second kappa shape index (κ2) is 5.81. The summed E-state index contributed by atoms with van der Waals surface area (Å²) >= 11 is 0. The van der Waals surface area contributed by atoms with Crippen molar-refractivity contribution in [2.24, 2.45) is 11.1 Å². The highest BCUT2D eigenvalue weighted by Crippen LogP contribution is 2.33. The van der Waals surface area contributed by atoms with Crippen LogP contribution in [0.25, 0.3) is 0 Å². The maximum Gasteiger partial charge on any atom is 0.293 e. The van der Waals surface area contributed by atoms with E-state index < -0.39 is 4.92 Å². The van der Waals surface area contributed by atoms with Gasteiger partial charge in [0, 0.05) is 30.8 Å². The summed E-state index contributed by atoms with van der Waals surface area (Å²) in [6.07, 6.45) is 2.92. The van der Waals surface area contributed by atoms with Crippen LogP contribution >= 0.6 is 0 Å². The van der Waals surface area contributed by atoms with Gasteiger partial charge in [-0.15, -0.1) is 0 Å². The molecular weight excluding hydrogens is 296 g/mol. The van der Waals surface area contributed by atoms with E-state index in [-0.39, 0.29) is 17.0 Å². The number of carbonyl (C=O) groups excluding carboxylic acids is 1. The second-order valence-electron chi connectivity index (χ2n) is 6.90. The van der Waals surface area contributed by atoms with E-state index in [1.807, 2.05) is 0 Å². The highest BCUT2D eigenvalue weighted by molar-refractivity contribution is 5.96. The number of carbonyl (C=O) groups is 1. The molecule has 0 radical (unpaired) electrons. The third-order valence-corrected chi connectivity index (χ3v) is 4.72. The molecule has 1 unspecified atom stereocenters. The van der Waals surface area contributed by atoms with E-state index in [2.05, 4.69) is 12.2 Å². The Morgan fingerprint density at radius 3 is 2.83 bits per heavy atom. The molecule has 1 heterocycles. The number of hydrogen-bond acceptors (Lipinski definition) is 5. The third-order valence-electron chi connectivity index (χ3n) is 4.72. The standard InChI is InChI=1S/C16H22N4O3/c1-16(9-17)6-7-19(10-16)15(21)11-2-5-13(18-12-3-4-12)14(8-11)20(22)23/h2,5,8,12,18H,3-4,6-7,9-10,17H2,1H3. The number of nitro groups is 1. The van der Waals surface area contributed by atoms with Crippen LogP contribution < -0.4 is 11.1 Å². The zero-order valence-electron chi connectivity index (χ0n) is 13.2. The zero-order chi connectivity index (χ0) is 16.6. The van der Waals surface area contributed by atoms with Crippen LogP contribution in [0.5, 0.6) is 0 Å². The van der Waals surface area contributed by atoms with E-state index in [0.717, 1.165) is 19.3 Å². The Morgan fingerprint density at radius 2 is 2.26 bits per heavy atom. The summed E-state index contributed by atoms with van der Waals surface area (Å²) in [5.74, 6) is -0.164. The minimum absolute atomic E-state index is 0.0384. The lowest BCUT2D eigenvalue weighted by molar-refractivity contribution is -0.384. The predicted molar refractivity (Wildman–Crippen MR) is 87.4 cm³/mol. The minimum Gasteiger partial charge on any atom is -0.377 e. The van der Waals surface area contributed by atoms with Crippen LogP contribution in [0.4, 0.5) is 11.4 Å². The molecule has 23 heavy (non-hydrogen) atoms. The number of hydrogen-bond donors (Lipinski definition) is 2. The quantitative estimate of drug-likeness (QED) is 0.638. The lowest BCUT2D eigenvalue weighted by Crippen LogP contribution is -2.34. The van der Waals surface area contributed by atoms with E-state index in [9.17, 15) is 14.9 Å². The number of amides is 1. The molecule has 1 atom stereocenters. The van der Waals surface area contributed by atoms with Gasteiger partial charge in [0.25, 0.3) is 11.6 Å². The van der Waals surface area contributed by atoms with Gasteiger partial charge in [0.2, 0.25) is 0 Å². The van der Waals surface area contributed by atoms with Gasteiger partial charge in [-0.25, -0.2) is 0 Å². The first kappa shape index (κ1) is 15.7. The third kappa shape index (κ3) is 3.29. The maximum atomic E-state index is 12.6. The molecular formula is C16H22N4O3. The van der Waals surface area contributed by atoms with Gasteiger partial charge in [0.1, 0.15) is 5.69 Å². The van der Waals surface area contributed by atoms with Crippen molar-refractivity contribution >= 4 is 17.3 Å². The zero-order valence-corrected chi connectivity index (χ0v) is 13.2. The number of benzene rings is 1. The smallest absolute Gasteiger partial charge is 0.293 e. The number of rotatable bonds is 5. The molecule has 1 amide bonds. The average Bonchev–Trinajstić information content (AvgIpc) is 3.26. The number of nitro benzene ring substituents is 1. The SMILES string of the molecule is CC1(CN)CCN(C(=O)c2ccc(NC3CC3)c([N+](=O)[O-])c2)C1. The first-order valence-corrected chi connectivity index (χ1v) is 7.96. The summed E-state index contributed by atoms with van der Waals surface area (Å²) in [7, 11) is 0. The Labute approximate surface area is 135 Å². The van der Waals surface area contributed by atoms with Gasteiger partial charge < -0.3 is 16.0 Å². The Balaban J connectivity index is 1.81. The number of anilines is 1. The van der Waals surface area contributed by atoms with Crippen molar-refractivity contribution in [3.05, 3.63) is 33.9 Å². The molecule has 2 fully saturated rings. The molecule has 7 heteroatoms. The molecule has 0 spiro atoms. The molecule has 1 saturated heterocycles. The van der Waals surface area contributed by atoms with Crippen LogP contribution in [-0.2, 0) is 0 Å². The molecule has 1 aromatic rings. The highest BCUT2D eigenvalue weighted by atomic mass is 16.6. The fourth-order valence-electron chi connectivity index (χ4n) is 2.93. The van der Waals surface area contributed by atoms with Crippen LogP contribution in [0.3, 0.4) is 0 Å². The first-order valence-electron chi connectivity index (χ1n) is 7.96. The van der Waals surface area contributed by atoms with Crippen LogP contribution in [-0.4, -0.2) is 41.4 Å².